The number of primary sulfonamides is 1. The van der Waals surface area contributed by atoms with Crippen molar-refractivity contribution in [3.8, 4) is 0 Å². The minimum Gasteiger partial charge on any atom is -0.414 e. The highest BCUT2D eigenvalue weighted by molar-refractivity contribution is 7.95. The molecule has 3 N–H and O–H groups in total. The third-order valence-electron chi connectivity index (χ3n) is 16.9. The number of thiophene rings is 1. The van der Waals surface area contributed by atoms with Gasteiger partial charge in [0.2, 0.25) is 21.8 Å². The molecule has 2 aromatic rings. The highest BCUT2D eigenvalue weighted by Gasteiger charge is 2.51. The molecule has 2 amide bonds. The van der Waals surface area contributed by atoms with E-state index in [-0.39, 0.29) is 91.1 Å². The van der Waals surface area contributed by atoms with E-state index in [1.807, 2.05) is 0 Å². The zero-order valence-electron chi connectivity index (χ0n) is 47.3. The highest BCUT2D eigenvalue weighted by Crippen LogP contribution is 2.50. The first-order chi connectivity index (χ1) is 32.9. The molecule has 0 bridgehead atoms. The predicted molar refractivity (Wildman–Crippen MR) is 304 cm³/mol. The third-order valence-corrected chi connectivity index (χ3v) is 35.8. The fourth-order valence-electron chi connectivity index (χ4n) is 9.31. The molecule has 1 aromatic heterocycles. The number of carbonyl (C=O) groups is 2. The zero-order valence-corrected chi connectivity index (χ0v) is 52.7. The fourth-order valence-corrected chi connectivity index (χ4v) is 17.9. The molecule has 0 unspecified atom stereocenters. The summed E-state index contributed by atoms with van der Waals surface area (Å²) in [5.74, 6) is 0.162. The molecule has 0 radical (unpaired) electrons. The van der Waals surface area contributed by atoms with Gasteiger partial charge in [0.05, 0.1) is 23.5 Å². The van der Waals surface area contributed by atoms with Gasteiger partial charge in [-0.3, -0.25) is 9.59 Å². The topological polar surface area (TPSA) is 171 Å². The van der Waals surface area contributed by atoms with Crippen molar-refractivity contribution in [1.29, 1.82) is 0 Å². The normalized spacial score (nSPS) is 22.8. The van der Waals surface area contributed by atoms with Crippen LogP contribution < -0.4 is 10.5 Å². The van der Waals surface area contributed by atoms with Crippen LogP contribution in [0.2, 0.25) is 54.4 Å². The van der Waals surface area contributed by atoms with Crippen LogP contribution in [0.25, 0.3) is 0 Å². The van der Waals surface area contributed by atoms with Gasteiger partial charge >= 0.3 is 0 Å². The van der Waals surface area contributed by atoms with Crippen LogP contribution >= 0.6 is 11.3 Å². The predicted octanol–water partition coefficient (Wildman–Crippen LogP) is 12.7. The van der Waals surface area contributed by atoms with Crippen LogP contribution in [0, 0.1) is 11.8 Å². The molecule has 12 nitrogen and oxygen atoms in total. The number of benzene rings is 1. The van der Waals surface area contributed by atoms with Crippen molar-refractivity contribution in [3.05, 3.63) is 59.7 Å². The van der Waals surface area contributed by atoms with Gasteiger partial charge in [-0.05, 0) is 149 Å². The lowest BCUT2D eigenvalue weighted by atomic mass is 9.85. The van der Waals surface area contributed by atoms with Gasteiger partial charge in [-0.15, -0.1) is 11.3 Å². The van der Waals surface area contributed by atoms with E-state index in [0.29, 0.717) is 30.1 Å². The van der Waals surface area contributed by atoms with E-state index in [2.05, 4.69) is 149 Å². The van der Waals surface area contributed by atoms with Gasteiger partial charge in [-0.1, -0.05) is 105 Å². The van der Waals surface area contributed by atoms with Gasteiger partial charge in [0.15, 0.2) is 34.8 Å². The number of carbonyl (C=O) groups excluding carboxylic acids is 2. The van der Waals surface area contributed by atoms with Gasteiger partial charge in [-0.2, -0.15) is 0 Å². The number of hydrogen-bond acceptors (Lipinski definition) is 10. The van der Waals surface area contributed by atoms with Crippen molar-refractivity contribution in [3.63, 3.8) is 0 Å². The van der Waals surface area contributed by atoms with Crippen LogP contribution in [-0.2, 0) is 49.1 Å². The Morgan fingerprint density at radius 1 is 0.847 bits per heavy atom. The van der Waals surface area contributed by atoms with Crippen LogP contribution in [0.1, 0.15) is 158 Å². The summed E-state index contributed by atoms with van der Waals surface area (Å²) in [5, 5.41) is 7.68. The monoisotopic (exact) mass is 1110 g/mol. The molecule has 0 saturated heterocycles. The Kier molecular flexibility index (Phi) is 21.3. The molecule has 2 aliphatic rings. The lowest BCUT2D eigenvalue weighted by Gasteiger charge is -2.41. The zero-order chi connectivity index (χ0) is 54.5. The number of aryl methyl sites for hydroxylation is 1. The van der Waals surface area contributed by atoms with E-state index >= 15 is 0 Å². The Balaban J connectivity index is 1.47. The van der Waals surface area contributed by atoms with Crippen molar-refractivity contribution < 1.29 is 39.7 Å². The van der Waals surface area contributed by atoms with E-state index < -0.39 is 56.1 Å². The third kappa shape index (κ3) is 16.3. The van der Waals surface area contributed by atoms with Gasteiger partial charge in [0.1, 0.15) is 8.42 Å². The second kappa shape index (κ2) is 24.5. The number of nitrogens with zero attached hydrogens (tertiary/aromatic N) is 1. The lowest BCUT2D eigenvalue weighted by Crippen LogP contribution is -2.45. The average Bonchev–Trinajstić information content (AvgIpc) is 3.84. The summed E-state index contributed by atoms with van der Waals surface area (Å²) in [6.07, 6.45) is 12.3. The van der Waals surface area contributed by atoms with Crippen LogP contribution in [0.3, 0.4) is 0 Å². The van der Waals surface area contributed by atoms with Crippen LogP contribution in [0.5, 0.6) is 0 Å². The minimum absolute atomic E-state index is 0.0234. The number of sulfone groups is 1. The largest absolute Gasteiger partial charge is 0.414 e. The molecule has 1 fully saturated rings. The van der Waals surface area contributed by atoms with Gasteiger partial charge < -0.3 is 23.5 Å². The van der Waals surface area contributed by atoms with Crippen molar-refractivity contribution >= 4 is 68.0 Å². The standard InChI is InChI=1S/C54H95N3O9S3Si3/c1-18-57(45-36-39(2)68(60,61)51-44(45)37-50(67-51)69(55,62)63)49(59)34-35-56-48(58)29-25-20-19-24-28-42-43(33-32-41(64-70(12,13)52(3,4)5)31-30-40-26-22-21-23-27-40)47(66-72(16,17)54(9,10)11)38-46(42)65-71(14,15)53(6,7)8/h19,21-24,26-27,37,39,41-43,45-47H,18,20,25,28-36,38H2,1-17H3,(H,56,58)(H2,55,62,63)/b24-19-/t39-,41+,42+,43+,45-,46-,47+/m0/s1. The molecule has 1 aliphatic carbocycles. The van der Waals surface area contributed by atoms with Gasteiger partial charge in [-0.25, -0.2) is 22.0 Å². The summed E-state index contributed by atoms with van der Waals surface area (Å²) in [4.78, 5) is 28.2. The summed E-state index contributed by atoms with van der Waals surface area (Å²) < 4.78 is 72.6. The van der Waals surface area contributed by atoms with E-state index in [0.717, 1.165) is 44.9 Å². The first-order valence-electron chi connectivity index (χ1n) is 26.6. The van der Waals surface area contributed by atoms with E-state index in [4.69, 9.17) is 18.4 Å². The van der Waals surface area contributed by atoms with Gasteiger partial charge in [0, 0.05) is 37.6 Å². The Hall–Kier alpha value is -2.01. The van der Waals surface area contributed by atoms with Crippen LogP contribution in [0.4, 0.5) is 0 Å². The van der Waals surface area contributed by atoms with E-state index in [1.165, 1.54) is 11.6 Å². The Bertz CT molecular complexity index is 2370. The second-order valence-corrected chi connectivity index (χ2v) is 45.0. The van der Waals surface area contributed by atoms with Crippen LogP contribution in [-0.4, -0.2) is 95.2 Å². The van der Waals surface area contributed by atoms with Crippen molar-refractivity contribution in [2.75, 3.05) is 13.1 Å². The molecule has 1 aromatic carbocycles. The molecule has 1 saturated carbocycles. The van der Waals surface area contributed by atoms with E-state index in [1.54, 1.807) is 18.7 Å². The average molecular weight is 1110 g/mol. The van der Waals surface area contributed by atoms with Crippen LogP contribution in [0.15, 0.2) is 57.0 Å². The molecule has 1 aliphatic heterocycles. The first-order valence-corrected chi connectivity index (χ1v) is 39.3. The molecule has 2 heterocycles. The lowest BCUT2D eigenvalue weighted by molar-refractivity contribution is -0.133. The summed E-state index contributed by atoms with van der Waals surface area (Å²) in [7, 11) is -14.3. The van der Waals surface area contributed by atoms with Crippen molar-refractivity contribution in [2.24, 2.45) is 17.0 Å². The number of hydrogen-bond donors (Lipinski definition) is 2. The van der Waals surface area contributed by atoms with E-state index in [9.17, 15) is 26.4 Å². The first kappa shape index (κ1) is 62.5. The Morgan fingerprint density at radius 3 is 1.96 bits per heavy atom. The number of nitrogens with one attached hydrogen (secondary N) is 1. The molecule has 4 rings (SSSR count). The second-order valence-electron chi connectivity index (χ2n) is 25.3. The molecular formula is C54H95N3O9S3Si3. The maximum Gasteiger partial charge on any atom is 0.247 e. The van der Waals surface area contributed by atoms with Gasteiger partial charge in [0.25, 0.3) is 0 Å². The number of unbranched alkanes of at least 4 members (excludes halogenated alkanes) is 1. The highest BCUT2D eigenvalue weighted by atomic mass is 32.3. The maximum absolute atomic E-state index is 13.6. The molecule has 7 atom stereocenters. The molecule has 72 heavy (non-hydrogen) atoms. The summed E-state index contributed by atoms with van der Waals surface area (Å²) in [6.45, 7) is 38.9. The molecular weight excluding hydrogens is 1020 g/mol. The fraction of sp³-hybridized carbons (Fsp3) is 0.741. The number of sulfonamides is 1. The van der Waals surface area contributed by atoms with Crippen molar-refractivity contribution in [2.45, 2.75) is 239 Å². The number of rotatable bonds is 24. The number of amides is 2. The van der Waals surface area contributed by atoms with Crippen molar-refractivity contribution in [1.82, 2.24) is 10.2 Å². The number of nitrogens with two attached hydrogens (primary N) is 1. The maximum atomic E-state index is 13.6. The smallest absolute Gasteiger partial charge is 0.247 e. The minimum atomic E-state index is -4.14. The number of allylic oxidation sites excluding steroid dienone is 2. The molecule has 0 spiro atoms. The summed E-state index contributed by atoms with van der Waals surface area (Å²) in [5.41, 5.74) is 1.62. The summed E-state index contributed by atoms with van der Waals surface area (Å²) >= 11 is 0.635. The molecule has 410 valence electrons. The Morgan fingerprint density at radius 2 is 1.42 bits per heavy atom. The Labute approximate surface area is 444 Å². The number of fused-ring (bicyclic) bond motifs is 1. The quantitative estimate of drug-likeness (QED) is 0.0590. The molecule has 18 heteroatoms. The summed E-state index contributed by atoms with van der Waals surface area (Å²) in [6, 6.07) is 11.4. The SMILES string of the molecule is CCN(C(=O)CCNC(=O)CCC/C=C\C[C@@H]1[C@@H](CC[C@@H](CCc2ccccc2)O[Si](C)(C)C(C)(C)C)[C@H](O[Si](C)(C)C(C)(C)C)C[C@@H]1O[Si](C)(C)C(C)(C)C)[C@H]1C[C@H](C)S(=O)(=O)c2sc(S(N)(=O)=O)cc21.